The Balaban J connectivity index is 3.61. The highest BCUT2D eigenvalue weighted by molar-refractivity contribution is 5.42. The summed E-state index contributed by atoms with van der Waals surface area (Å²) in [5, 5.41) is 0. The van der Waals surface area contributed by atoms with Crippen LogP contribution < -0.4 is 0 Å². The standard InChI is InChI=1S/C14H11F10/c1-7(2)5-8-3-4-9(11(15,16)13(19,20)21)6-10(8)12(17,18)14(22,23)24/h3-7H,1-2H3. The second-order valence-electron chi connectivity index (χ2n) is 5.36. The highest BCUT2D eigenvalue weighted by atomic mass is 19.4. The predicted octanol–water partition coefficient (Wildman–Crippen LogP) is 6.20. The van der Waals surface area contributed by atoms with E-state index in [4.69, 9.17) is 0 Å². The number of hydrogen-bond donors (Lipinski definition) is 0. The molecule has 0 aliphatic carbocycles. The number of benzene rings is 1. The van der Waals surface area contributed by atoms with Crippen LogP contribution in [-0.2, 0) is 11.8 Å². The Kier molecular flexibility index (Phi) is 5.23. The summed E-state index contributed by atoms with van der Waals surface area (Å²) in [5.74, 6) is -11.7. The van der Waals surface area contributed by atoms with E-state index in [1.807, 2.05) is 0 Å². The Morgan fingerprint density at radius 1 is 0.750 bits per heavy atom. The van der Waals surface area contributed by atoms with E-state index in [-0.39, 0.29) is 6.07 Å². The Morgan fingerprint density at radius 2 is 1.21 bits per heavy atom. The molecule has 1 aromatic carbocycles. The van der Waals surface area contributed by atoms with Crippen LogP contribution in [-0.4, -0.2) is 12.4 Å². The summed E-state index contributed by atoms with van der Waals surface area (Å²) in [5.41, 5.74) is -4.71. The maximum atomic E-state index is 13.6. The summed E-state index contributed by atoms with van der Waals surface area (Å²) in [4.78, 5) is 0. The van der Waals surface area contributed by atoms with Crippen molar-refractivity contribution in [3.63, 3.8) is 0 Å². The summed E-state index contributed by atoms with van der Waals surface area (Å²) >= 11 is 0. The van der Waals surface area contributed by atoms with Crippen LogP contribution in [0.25, 0.3) is 0 Å². The van der Waals surface area contributed by atoms with Crippen molar-refractivity contribution in [2.75, 3.05) is 0 Å². The fraction of sp³-hybridized carbons (Fsp3) is 0.500. The molecule has 0 atom stereocenters. The molecule has 0 fully saturated rings. The molecular weight excluding hydrogens is 358 g/mol. The van der Waals surface area contributed by atoms with Gasteiger partial charge in [0.1, 0.15) is 0 Å². The maximum Gasteiger partial charge on any atom is 0.458 e. The van der Waals surface area contributed by atoms with E-state index in [0.29, 0.717) is 6.07 Å². The summed E-state index contributed by atoms with van der Waals surface area (Å²) < 4.78 is 128. The fourth-order valence-corrected chi connectivity index (χ4v) is 1.84. The van der Waals surface area contributed by atoms with Gasteiger partial charge < -0.3 is 0 Å². The van der Waals surface area contributed by atoms with E-state index >= 15 is 0 Å². The molecule has 1 radical (unpaired) electrons. The van der Waals surface area contributed by atoms with E-state index in [9.17, 15) is 43.9 Å². The van der Waals surface area contributed by atoms with Crippen LogP contribution in [0.1, 0.15) is 30.5 Å². The van der Waals surface area contributed by atoms with E-state index < -0.39 is 52.9 Å². The maximum absolute atomic E-state index is 13.6. The zero-order valence-electron chi connectivity index (χ0n) is 12.2. The molecule has 0 unspecified atom stereocenters. The molecule has 137 valence electrons. The number of alkyl halides is 10. The summed E-state index contributed by atoms with van der Waals surface area (Å²) in [7, 11) is 0. The molecule has 0 amide bonds. The first-order chi connectivity index (χ1) is 10.5. The smallest absolute Gasteiger partial charge is 0.191 e. The van der Waals surface area contributed by atoms with Crippen molar-refractivity contribution < 1.29 is 43.9 Å². The van der Waals surface area contributed by atoms with Gasteiger partial charge >= 0.3 is 24.2 Å². The fourth-order valence-electron chi connectivity index (χ4n) is 1.84. The zero-order valence-corrected chi connectivity index (χ0v) is 12.2. The Bertz CT molecular complexity index is 580. The van der Waals surface area contributed by atoms with Crippen LogP contribution in [0.4, 0.5) is 43.9 Å². The minimum absolute atomic E-state index is 0.178. The van der Waals surface area contributed by atoms with Crippen molar-refractivity contribution >= 4 is 0 Å². The lowest BCUT2D eigenvalue weighted by atomic mass is 9.91. The van der Waals surface area contributed by atoms with Crippen LogP contribution in [0.3, 0.4) is 0 Å². The van der Waals surface area contributed by atoms with Crippen molar-refractivity contribution in [1.29, 1.82) is 0 Å². The van der Waals surface area contributed by atoms with Crippen molar-refractivity contribution in [1.82, 2.24) is 0 Å². The molecule has 0 heterocycles. The lowest BCUT2D eigenvalue weighted by Crippen LogP contribution is -2.37. The van der Waals surface area contributed by atoms with Crippen molar-refractivity contribution in [3.8, 4) is 0 Å². The van der Waals surface area contributed by atoms with Gasteiger partial charge in [0, 0.05) is 11.1 Å². The molecule has 1 aromatic rings. The van der Waals surface area contributed by atoms with E-state index in [0.717, 1.165) is 6.42 Å². The number of rotatable bonds is 4. The molecule has 1 rings (SSSR count). The molecule has 24 heavy (non-hydrogen) atoms. The van der Waals surface area contributed by atoms with Crippen molar-refractivity contribution in [3.05, 3.63) is 41.3 Å². The largest absolute Gasteiger partial charge is 0.458 e. The first-order valence-electron chi connectivity index (χ1n) is 6.40. The highest BCUT2D eigenvalue weighted by Crippen LogP contribution is 2.49. The van der Waals surface area contributed by atoms with Crippen LogP contribution in [0.5, 0.6) is 0 Å². The third-order valence-electron chi connectivity index (χ3n) is 2.98. The summed E-state index contributed by atoms with van der Waals surface area (Å²) in [6.07, 6.45) is -11.4. The van der Waals surface area contributed by atoms with Crippen LogP contribution >= 0.6 is 0 Å². The average Bonchev–Trinajstić information content (AvgIpc) is 2.35. The van der Waals surface area contributed by atoms with Gasteiger partial charge in [0.15, 0.2) is 0 Å². The average molecular weight is 369 g/mol. The lowest BCUT2D eigenvalue weighted by Gasteiger charge is -2.26. The molecule has 10 heteroatoms. The highest BCUT2D eigenvalue weighted by Gasteiger charge is 2.62. The van der Waals surface area contributed by atoms with Crippen LogP contribution in [0.2, 0.25) is 0 Å². The van der Waals surface area contributed by atoms with Gasteiger partial charge in [-0.1, -0.05) is 26.0 Å². The quantitative estimate of drug-likeness (QED) is 0.554. The summed E-state index contributed by atoms with van der Waals surface area (Å²) in [6, 6.07) is 0.122. The topological polar surface area (TPSA) is 0 Å². The molecule has 0 bridgehead atoms. The van der Waals surface area contributed by atoms with Crippen LogP contribution in [0, 0.1) is 12.3 Å². The lowest BCUT2D eigenvalue weighted by molar-refractivity contribution is -0.292. The molecule has 0 spiro atoms. The monoisotopic (exact) mass is 369 g/mol. The van der Waals surface area contributed by atoms with Gasteiger partial charge in [-0.2, -0.15) is 43.9 Å². The third-order valence-corrected chi connectivity index (χ3v) is 2.98. The van der Waals surface area contributed by atoms with Gasteiger partial charge in [0.05, 0.1) is 0 Å². The molecule has 0 nitrogen and oxygen atoms in total. The normalized spacial score (nSPS) is 14.4. The van der Waals surface area contributed by atoms with Gasteiger partial charge in [-0.3, -0.25) is 0 Å². The Labute approximate surface area is 130 Å². The zero-order chi connectivity index (χ0) is 19.1. The summed E-state index contributed by atoms with van der Waals surface area (Å²) in [6.45, 7) is 2.82. The van der Waals surface area contributed by atoms with E-state index in [1.54, 1.807) is 0 Å². The third kappa shape index (κ3) is 3.77. The minimum Gasteiger partial charge on any atom is -0.191 e. The molecule has 0 N–H and O–H groups in total. The van der Waals surface area contributed by atoms with Crippen LogP contribution in [0.15, 0.2) is 18.2 Å². The van der Waals surface area contributed by atoms with Crippen molar-refractivity contribution in [2.45, 2.75) is 38.0 Å². The van der Waals surface area contributed by atoms with E-state index in [2.05, 4.69) is 0 Å². The molecule has 0 aliphatic heterocycles. The van der Waals surface area contributed by atoms with Crippen molar-refractivity contribution in [2.24, 2.45) is 5.92 Å². The second kappa shape index (κ2) is 6.11. The van der Waals surface area contributed by atoms with Gasteiger partial charge in [-0.25, -0.2) is 0 Å². The molecular formula is C14H11F10. The molecule has 0 aromatic heterocycles. The molecule has 0 aliphatic rings. The Morgan fingerprint density at radius 3 is 1.58 bits per heavy atom. The second-order valence-corrected chi connectivity index (χ2v) is 5.36. The van der Waals surface area contributed by atoms with Gasteiger partial charge in [-0.05, 0) is 24.0 Å². The SMILES string of the molecule is CC(C)[CH]c1ccc(C(F)(F)C(F)(F)F)cc1C(F)(F)C(F)(F)F. The van der Waals surface area contributed by atoms with Gasteiger partial charge in [0.25, 0.3) is 0 Å². The van der Waals surface area contributed by atoms with Gasteiger partial charge in [0.2, 0.25) is 0 Å². The minimum atomic E-state index is -6.15. The van der Waals surface area contributed by atoms with Gasteiger partial charge in [-0.15, -0.1) is 0 Å². The number of hydrogen-bond acceptors (Lipinski definition) is 0. The molecule has 0 saturated heterocycles. The van der Waals surface area contributed by atoms with E-state index in [1.165, 1.54) is 13.8 Å². The predicted molar refractivity (Wildman–Crippen MR) is 64.6 cm³/mol. The number of halogens is 10. The first kappa shape index (κ1) is 20.6. The first-order valence-corrected chi connectivity index (χ1v) is 6.40. The Hall–Kier alpha value is -1.48. The molecule has 0 saturated carbocycles.